The maximum absolute atomic E-state index is 12.7. The molecule has 0 saturated heterocycles. The fraction of sp³-hybridized carbons (Fsp3) is 0.429. The van der Waals surface area contributed by atoms with Crippen LogP contribution in [0.2, 0.25) is 0 Å². The van der Waals surface area contributed by atoms with E-state index in [9.17, 15) is 9.18 Å². The lowest BCUT2D eigenvalue weighted by molar-refractivity contribution is -0.149. The van der Waals surface area contributed by atoms with Crippen LogP contribution in [0.3, 0.4) is 0 Å². The van der Waals surface area contributed by atoms with Crippen LogP contribution in [-0.4, -0.2) is 28.9 Å². The van der Waals surface area contributed by atoms with Crippen molar-refractivity contribution in [3.8, 4) is 5.75 Å². The molecule has 0 aliphatic rings. The maximum Gasteiger partial charge on any atom is 0.341 e. The molecule has 1 aromatic carbocycles. The lowest BCUT2D eigenvalue weighted by Crippen LogP contribution is -2.37. The Kier molecular flexibility index (Phi) is 13.2. The molecule has 2 aromatic rings. The van der Waals surface area contributed by atoms with Crippen LogP contribution in [0, 0.1) is 5.95 Å². The van der Waals surface area contributed by atoms with Gasteiger partial charge in [-0.25, -0.2) is 9.78 Å². The second-order valence-electron chi connectivity index (χ2n) is 5.45. The maximum atomic E-state index is 12.7. The number of carbonyl (C=O) groups is 1. The highest BCUT2D eigenvalue weighted by Gasteiger charge is 2.18. The van der Waals surface area contributed by atoms with Gasteiger partial charge >= 0.3 is 5.97 Å². The number of ether oxygens (including phenoxy) is 1. The van der Waals surface area contributed by atoms with Crippen LogP contribution in [-0.2, 0) is 22.8 Å². The summed E-state index contributed by atoms with van der Waals surface area (Å²) >= 11 is 0. The molecule has 0 bridgehead atoms. The Morgan fingerprint density at radius 1 is 1.11 bits per heavy atom. The second kappa shape index (κ2) is 14.5. The summed E-state index contributed by atoms with van der Waals surface area (Å²) in [4.78, 5) is 21.0. The Morgan fingerprint density at radius 3 is 2.18 bits per heavy atom. The van der Waals surface area contributed by atoms with Crippen molar-refractivity contribution in [1.29, 1.82) is 0 Å². The zero-order chi connectivity index (χ0) is 21.5. The molecule has 7 heteroatoms. The van der Waals surface area contributed by atoms with Crippen molar-refractivity contribution >= 4 is 5.97 Å². The van der Waals surface area contributed by atoms with E-state index in [1.165, 1.54) is 12.3 Å². The smallest absolute Gasteiger partial charge is 0.341 e. The first-order chi connectivity index (χ1) is 13.5. The molecule has 156 valence electrons. The van der Waals surface area contributed by atoms with Crippen molar-refractivity contribution in [1.82, 2.24) is 9.88 Å². The number of rotatable bonds is 7. The summed E-state index contributed by atoms with van der Waals surface area (Å²) in [6.45, 7) is 10.6. The SMILES string of the molecule is CC.CC.CC(C(=O)ON)N(C)Cc1ccc(OCc2ccc(F)nc2)cc1. The predicted molar refractivity (Wildman–Crippen MR) is 109 cm³/mol. The highest BCUT2D eigenvalue weighted by atomic mass is 19.1. The molecule has 2 N–H and O–H groups in total. The molecule has 1 unspecified atom stereocenters. The van der Waals surface area contributed by atoms with Crippen LogP contribution in [0.25, 0.3) is 0 Å². The molecule has 1 heterocycles. The number of nitrogens with zero attached hydrogens (tertiary/aromatic N) is 2. The van der Waals surface area contributed by atoms with Gasteiger partial charge in [0.05, 0.1) is 0 Å². The highest BCUT2D eigenvalue weighted by Crippen LogP contribution is 2.16. The Morgan fingerprint density at radius 2 is 1.68 bits per heavy atom. The average molecular weight is 394 g/mol. The second-order valence-corrected chi connectivity index (χ2v) is 5.45. The molecule has 0 aliphatic heterocycles. The molecule has 28 heavy (non-hydrogen) atoms. The summed E-state index contributed by atoms with van der Waals surface area (Å²) in [6.07, 6.45) is 1.44. The minimum atomic E-state index is -0.514. The summed E-state index contributed by atoms with van der Waals surface area (Å²) in [5, 5.41) is 0. The van der Waals surface area contributed by atoms with Gasteiger partial charge in [-0.15, -0.1) is 0 Å². The Bertz CT molecular complexity index is 664. The monoisotopic (exact) mass is 393 g/mol. The fourth-order valence-corrected chi connectivity index (χ4v) is 2.05. The third-order valence-corrected chi connectivity index (χ3v) is 3.67. The number of halogens is 1. The van der Waals surface area contributed by atoms with Gasteiger partial charge in [0.1, 0.15) is 18.4 Å². The summed E-state index contributed by atoms with van der Waals surface area (Å²) in [5.74, 6) is 4.60. The van der Waals surface area contributed by atoms with E-state index in [1.54, 1.807) is 13.0 Å². The van der Waals surface area contributed by atoms with Crippen molar-refractivity contribution in [2.24, 2.45) is 5.90 Å². The summed E-state index contributed by atoms with van der Waals surface area (Å²) in [7, 11) is 1.81. The third kappa shape index (κ3) is 8.92. The zero-order valence-corrected chi connectivity index (χ0v) is 17.6. The van der Waals surface area contributed by atoms with E-state index in [2.05, 4.69) is 9.82 Å². The van der Waals surface area contributed by atoms with E-state index < -0.39 is 18.0 Å². The number of likely N-dealkylation sites (N-methyl/N-ethyl adjacent to an activating group) is 1. The van der Waals surface area contributed by atoms with Crippen LogP contribution in [0.5, 0.6) is 5.75 Å². The van der Waals surface area contributed by atoms with Crippen molar-refractivity contribution < 1.29 is 18.8 Å². The molecule has 0 amide bonds. The number of benzene rings is 1. The minimum absolute atomic E-state index is 0.311. The molecule has 1 aromatic heterocycles. The topological polar surface area (TPSA) is 77.7 Å². The van der Waals surface area contributed by atoms with E-state index in [0.29, 0.717) is 18.9 Å². The Balaban J connectivity index is 0.00000171. The summed E-state index contributed by atoms with van der Waals surface area (Å²) in [6, 6.07) is 9.99. The molecule has 2 rings (SSSR count). The number of aromatic nitrogens is 1. The first-order valence-corrected chi connectivity index (χ1v) is 9.42. The first-order valence-electron chi connectivity index (χ1n) is 9.42. The summed E-state index contributed by atoms with van der Waals surface area (Å²) in [5.41, 5.74) is 1.80. The average Bonchev–Trinajstić information content (AvgIpc) is 2.76. The van der Waals surface area contributed by atoms with Crippen molar-refractivity contribution in [2.45, 2.75) is 53.8 Å². The van der Waals surface area contributed by atoms with Crippen molar-refractivity contribution in [3.63, 3.8) is 0 Å². The van der Waals surface area contributed by atoms with Crippen LogP contribution in [0.1, 0.15) is 45.7 Å². The molecular weight excluding hydrogens is 361 g/mol. The lowest BCUT2D eigenvalue weighted by Gasteiger charge is -2.22. The third-order valence-electron chi connectivity index (χ3n) is 3.67. The van der Waals surface area contributed by atoms with Gasteiger partial charge in [-0.05, 0) is 43.8 Å². The number of pyridine rings is 1. The van der Waals surface area contributed by atoms with E-state index in [1.807, 2.05) is 63.9 Å². The van der Waals surface area contributed by atoms with E-state index in [-0.39, 0.29) is 0 Å². The van der Waals surface area contributed by atoms with Crippen LogP contribution >= 0.6 is 0 Å². The number of nitrogens with two attached hydrogens (primary N) is 1. The van der Waals surface area contributed by atoms with Gasteiger partial charge in [-0.2, -0.15) is 10.3 Å². The number of hydrogen-bond acceptors (Lipinski definition) is 6. The normalized spacial score (nSPS) is 10.8. The Hall–Kier alpha value is -2.51. The predicted octanol–water partition coefficient (Wildman–Crippen LogP) is 4.09. The molecule has 1 atom stereocenters. The standard InChI is InChI=1S/C17H20FN3O3.2C2H6/c1-12(17(22)24-19)21(2)10-13-3-6-15(7-4-13)23-11-14-5-8-16(18)20-9-14;2*1-2/h3-9,12H,10-11,19H2,1-2H3;2*1-2H3. The molecule has 0 fully saturated rings. The highest BCUT2D eigenvalue weighted by molar-refractivity contribution is 5.74. The Labute approximate surface area is 167 Å². The van der Waals surface area contributed by atoms with Crippen molar-refractivity contribution in [2.75, 3.05) is 7.05 Å². The quantitative estimate of drug-likeness (QED) is 0.564. The van der Waals surface area contributed by atoms with Crippen LogP contribution in [0.4, 0.5) is 4.39 Å². The van der Waals surface area contributed by atoms with Crippen molar-refractivity contribution in [3.05, 3.63) is 59.7 Å². The van der Waals surface area contributed by atoms with E-state index >= 15 is 0 Å². The molecule has 0 radical (unpaired) electrons. The first kappa shape index (κ1) is 25.5. The van der Waals surface area contributed by atoms with Crippen LogP contribution in [0.15, 0.2) is 42.6 Å². The van der Waals surface area contributed by atoms with Gasteiger partial charge in [0.2, 0.25) is 5.95 Å². The van der Waals surface area contributed by atoms with Crippen LogP contribution < -0.4 is 10.6 Å². The fourth-order valence-electron chi connectivity index (χ4n) is 2.05. The molecule has 0 spiro atoms. The minimum Gasteiger partial charge on any atom is -0.489 e. The number of carbonyl (C=O) groups excluding carboxylic acids is 1. The molecule has 0 aliphatic carbocycles. The largest absolute Gasteiger partial charge is 0.489 e. The van der Waals surface area contributed by atoms with Gasteiger partial charge in [-0.1, -0.05) is 39.8 Å². The van der Waals surface area contributed by atoms with E-state index in [4.69, 9.17) is 10.6 Å². The molecule has 0 saturated carbocycles. The summed E-state index contributed by atoms with van der Waals surface area (Å²) < 4.78 is 18.4. The van der Waals surface area contributed by atoms with Gasteiger partial charge < -0.3 is 9.57 Å². The lowest BCUT2D eigenvalue weighted by atomic mass is 10.2. The van der Waals surface area contributed by atoms with E-state index in [0.717, 1.165) is 11.1 Å². The molecular formula is C21H32FN3O3. The van der Waals surface area contributed by atoms with Gasteiger partial charge in [0.25, 0.3) is 0 Å². The van der Waals surface area contributed by atoms with Gasteiger partial charge in [0, 0.05) is 18.3 Å². The number of hydrogen-bond donors (Lipinski definition) is 1. The van der Waals surface area contributed by atoms with Gasteiger partial charge in [-0.3, -0.25) is 4.90 Å². The van der Waals surface area contributed by atoms with Gasteiger partial charge in [0.15, 0.2) is 0 Å². The molecule has 6 nitrogen and oxygen atoms in total. The zero-order valence-electron chi connectivity index (χ0n) is 17.6.